The summed E-state index contributed by atoms with van der Waals surface area (Å²) in [6.45, 7) is 5.88. The van der Waals surface area contributed by atoms with Crippen LogP contribution in [0.2, 0.25) is 0 Å². The molecule has 1 amide bonds. The number of aromatic nitrogens is 2. The Morgan fingerprint density at radius 2 is 1.88 bits per heavy atom. The van der Waals surface area contributed by atoms with Crippen LogP contribution in [0, 0.1) is 12.8 Å². The van der Waals surface area contributed by atoms with E-state index in [1.807, 2.05) is 13.0 Å². The molecule has 1 aliphatic heterocycles. The van der Waals surface area contributed by atoms with E-state index in [9.17, 15) is 18.0 Å². The van der Waals surface area contributed by atoms with Crippen LogP contribution in [-0.4, -0.2) is 36.1 Å². The third-order valence-corrected chi connectivity index (χ3v) is 8.12. The zero-order chi connectivity index (χ0) is 23.0. The number of aryl methyl sites for hydroxylation is 2. The van der Waals surface area contributed by atoms with Crippen LogP contribution in [0.5, 0.6) is 0 Å². The number of benzene rings is 1. The van der Waals surface area contributed by atoms with Crippen LogP contribution in [0.4, 0.5) is 5.82 Å². The molecule has 2 heterocycles. The van der Waals surface area contributed by atoms with Crippen molar-refractivity contribution in [3.63, 3.8) is 0 Å². The van der Waals surface area contributed by atoms with Gasteiger partial charge in [0, 0.05) is 24.4 Å². The standard InChI is InChI=1S/C23H30N4O4S/c1-4-18-22(23-24-20(28)11-12-21(29)27(23)25-18)16-8-7-15(3)19(13-16)32(30,31)26-17-9-5-14(2)6-10-17/h7-8,13-14,17,26H,4-6,9-12H2,1-3H3,(H,24,28). The SMILES string of the molecule is CCc1nn2c(c1-c1ccc(C)c(S(=O)(=O)NC3CCC(C)CC3)c1)NC(=O)CCC2=O. The fourth-order valence-corrected chi connectivity index (χ4v) is 6.11. The van der Waals surface area contributed by atoms with E-state index < -0.39 is 10.0 Å². The molecule has 0 unspecified atom stereocenters. The highest BCUT2D eigenvalue weighted by molar-refractivity contribution is 7.89. The first kappa shape index (κ1) is 22.7. The minimum Gasteiger partial charge on any atom is -0.310 e. The highest BCUT2D eigenvalue weighted by atomic mass is 32.2. The number of sulfonamides is 1. The third-order valence-electron chi connectivity index (χ3n) is 6.46. The average molecular weight is 459 g/mol. The van der Waals surface area contributed by atoms with Crippen molar-refractivity contribution in [2.45, 2.75) is 76.7 Å². The van der Waals surface area contributed by atoms with E-state index in [0.29, 0.717) is 40.5 Å². The summed E-state index contributed by atoms with van der Waals surface area (Å²) in [6, 6.07) is 5.14. The van der Waals surface area contributed by atoms with E-state index in [1.54, 1.807) is 19.1 Å². The van der Waals surface area contributed by atoms with E-state index in [4.69, 9.17) is 0 Å². The molecule has 1 aromatic heterocycles. The summed E-state index contributed by atoms with van der Waals surface area (Å²) in [5.41, 5.74) is 2.49. The predicted molar refractivity (Wildman–Crippen MR) is 122 cm³/mol. The molecule has 172 valence electrons. The van der Waals surface area contributed by atoms with Gasteiger partial charge in [0.05, 0.1) is 10.6 Å². The van der Waals surface area contributed by atoms with E-state index in [0.717, 1.165) is 25.7 Å². The van der Waals surface area contributed by atoms with Gasteiger partial charge < -0.3 is 5.32 Å². The number of carbonyl (C=O) groups is 2. The van der Waals surface area contributed by atoms with Crippen molar-refractivity contribution in [3.05, 3.63) is 29.5 Å². The van der Waals surface area contributed by atoms with Crippen LogP contribution < -0.4 is 10.0 Å². The summed E-state index contributed by atoms with van der Waals surface area (Å²) in [5.74, 6) is 0.432. The van der Waals surface area contributed by atoms with Crippen molar-refractivity contribution in [1.29, 1.82) is 0 Å². The van der Waals surface area contributed by atoms with Gasteiger partial charge in [-0.2, -0.15) is 9.78 Å². The molecule has 0 atom stereocenters. The van der Waals surface area contributed by atoms with Gasteiger partial charge in [0.15, 0.2) is 0 Å². The van der Waals surface area contributed by atoms with Crippen molar-refractivity contribution >= 4 is 27.7 Å². The first-order valence-electron chi connectivity index (χ1n) is 11.3. The van der Waals surface area contributed by atoms with E-state index in [2.05, 4.69) is 22.1 Å². The van der Waals surface area contributed by atoms with Gasteiger partial charge in [-0.1, -0.05) is 26.0 Å². The maximum absolute atomic E-state index is 13.3. The fourth-order valence-electron chi connectivity index (χ4n) is 4.54. The summed E-state index contributed by atoms with van der Waals surface area (Å²) in [6.07, 6.45) is 4.42. The lowest BCUT2D eigenvalue weighted by Crippen LogP contribution is -2.37. The molecule has 4 rings (SSSR count). The zero-order valence-corrected chi connectivity index (χ0v) is 19.6. The van der Waals surface area contributed by atoms with Gasteiger partial charge in [0.25, 0.3) is 0 Å². The van der Waals surface area contributed by atoms with Gasteiger partial charge >= 0.3 is 0 Å². The highest BCUT2D eigenvalue weighted by Gasteiger charge is 2.29. The van der Waals surface area contributed by atoms with Crippen LogP contribution in [0.1, 0.15) is 68.4 Å². The van der Waals surface area contributed by atoms with Gasteiger partial charge in [-0.15, -0.1) is 0 Å². The summed E-state index contributed by atoms with van der Waals surface area (Å²) in [5, 5.41) is 7.22. The summed E-state index contributed by atoms with van der Waals surface area (Å²) in [7, 11) is -3.72. The van der Waals surface area contributed by atoms with Crippen molar-refractivity contribution < 1.29 is 18.0 Å². The quantitative estimate of drug-likeness (QED) is 0.711. The first-order chi connectivity index (χ1) is 15.2. The second kappa shape index (κ2) is 8.78. The van der Waals surface area contributed by atoms with Crippen molar-refractivity contribution in [2.75, 3.05) is 5.32 Å². The molecule has 0 radical (unpaired) electrons. The molecule has 9 heteroatoms. The number of amides is 1. The van der Waals surface area contributed by atoms with Crippen molar-refractivity contribution in [3.8, 4) is 11.1 Å². The molecule has 0 saturated heterocycles. The number of hydrogen-bond donors (Lipinski definition) is 2. The van der Waals surface area contributed by atoms with E-state index in [-0.39, 0.29) is 35.6 Å². The molecule has 1 aromatic carbocycles. The lowest BCUT2D eigenvalue weighted by molar-refractivity contribution is -0.116. The zero-order valence-electron chi connectivity index (χ0n) is 18.8. The molecule has 0 bridgehead atoms. The summed E-state index contributed by atoms with van der Waals surface area (Å²) >= 11 is 0. The molecular formula is C23H30N4O4S. The second-order valence-corrected chi connectivity index (χ2v) is 10.6. The van der Waals surface area contributed by atoms with Gasteiger partial charge in [0.1, 0.15) is 5.82 Å². The number of anilines is 1. The maximum atomic E-state index is 13.3. The number of nitrogens with zero attached hydrogens (tertiary/aromatic N) is 2. The maximum Gasteiger partial charge on any atom is 0.249 e. The highest BCUT2D eigenvalue weighted by Crippen LogP contribution is 2.36. The Balaban J connectivity index is 1.75. The normalized spacial score (nSPS) is 21.7. The lowest BCUT2D eigenvalue weighted by Gasteiger charge is -2.27. The third kappa shape index (κ3) is 4.36. The number of hydrogen-bond acceptors (Lipinski definition) is 5. The Hall–Kier alpha value is -2.52. The van der Waals surface area contributed by atoms with Gasteiger partial charge in [-0.05, 0) is 62.1 Å². The monoisotopic (exact) mass is 458 g/mol. The van der Waals surface area contributed by atoms with Gasteiger partial charge in [-0.3, -0.25) is 9.59 Å². The van der Waals surface area contributed by atoms with Crippen LogP contribution in [-0.2, 0) is 21.2 Å². The van der Waals surface area contributed by atoms with E-state index in [1.165, 1.54) is 4.68 Å². The fraction of sp³-hybridized carbons (Fsp3) is 0.522. The molecule has 1 aliphatic carbocycles. The molecule has 2 aromatic rings. The Labute approximate surface area is 188 Å². The Morgan fingerprint density at radius 1 is 1.16 bits per heavy atom. The topological polar surface area (TPSA) is 110 Å². The molecule has 2 N–H and O–H groups in total. The van der Waals surface area contributed by atoms with Crippen LogP contribution >= 0.6 is 0 Å². The number of nitrogens with one attached hydrogen (secondary N) is 2. The Bertz CT molecular complexity index is 1160. The van der Waals surface area contributed by atoms with Crippen LogP contribution in [0.15, 0.2) is 23.1 Å². The molecule has 0 spiro atoms. The summed E-state index contributed by atoms with van der Waals surface area (Å²) < 4.78 is 30.7. The number of fused-ring (bicyclic) bond motifs is 1. The summed E-state index contributed by atoms with van der Waals surface area (Å²) in [4.78, 5) is 24.9. The molecule has 1 fully saturated rings. The molecule has 1 saturated carbocycles. The van der Waals surface area contributed by atoms with Crippen molar-refractivity contribution in [1.82, 2.24) is 14.5 Å². The largest absolute Gasteiger partial charge is 0.310 e. The molecular weight excluding hydrogens is 428 g/mol. The minimum absolute atomic E-state index is 0.0604. The van der Waals surface area contributed by atoms with Crippen LogP contribution in [0.3, 0.4) is 0 Å². The van der Waals surface area contributed by atoms with Gasteiger partial charge in [0.2, 0.25) is 21.8 Å². The lowest BCUT2D eigenvalue weighted by atomic mass is 9.88. The predicted octanol–water partition coefficient (Wildman–Crippen LogP) is 3.65. The molecule has 2 aliphatic rings. The second-order valence-electron chi connectivity index (χ2n) is 8.94. The average Bonchev–Trinajstić information content (AvgIpc) is 3.05. The van der Waals surface area contributed by atoms with Crippen molar-refractivity contribution in [2.24, 2.45) is 5.92 Å². The van der Waals surface area contributed by atoms with E-state index >= 15 is 0 Å². The molecule has 8 nitrogen and oxygen atoms in total. The molecule has 32 heavy (non-hydrogen) atoms. The minimum atomic E-state index is -3.72. The Kier molecular flexibility index (Phi) is 6.22. The number of rotatable bonds is 5. The van der Waals surface area contributed by atoms with Gasteiger partial charge in [-0.25, -0.2) is 13.1 Å². The first-order valence-corrected chi connectivity index (χ1v) is 12.8. The van der Waals surface area contributed by atoms with Crippen LogP contribution in [0.25, 0.3) is 11.1 Å². The number of carbonyl (C=O) groups excluding carboxylic acids is 2. The smallest absolute Gasteiger partial charge is 0.249 e. The Morgan fingerprint density at radius 3 is 2.56 bits per heavy atom.